The molecule has 0 fully saturated rings. The van der Waals surface area contributed by atoms with Crippen LogP contribution >= 0.6 is 0 Å². The smallest absolute Gasteiger partial charge is 0.325 e. The standard InChI is InChI=1S/C21H24N2O5/c1-14-10-15(2)12-18(11-14)28-9-8-19(24)23-17-6-4-16(5-7-17)21(26)22-13-20(25)27-3/h4-7,10-12H,8-9,13H2,1-3H3,(H,22,26)(H,23,24). The minimum absolute atomic E-state index is 0.188. The van der Waals surface area contributed by atoms with Gasteiger partial charge in [0.1, 0.15) is 12.3 Å². The third-order valence-electron chi connectivity index (χ3n) is 3.84. The highest BCUT2D eigenvalue weighted by Gasteiger charge is 2.09. The van der Waals surface area contributed by atoms with Crippen LogP contribution in [0.1, 0.15) is 27.9 Å². The van der Waals surface area contributed by atoms with Gasteiger partial charge in [-0.3, -0.25) is 14.4 Å². The Morgan fingerprint density at radius 2 is 1.61 bits per heavy atom. The summed E-state index contributed by atoms with van der Waals surface area (Å²) in [6, 6.07) is 12.3. The van der Waals surface area contributed by atoms with Crippen LogP contribution in [-0.2, 0) is 14.3 Å². The van der Waals surface area contributed by atoms with Gasteiger partial charge in [-0.05, 0) is 61.4 Å². The Morgan fingerprint density at radius 1 is 0.964 bits per heavy atom. The molecule has 2 aromatic rings. The van der Waals surface area contributed by atoms with Crippen molar-refractivity contribution in [3.8, 4) is 5.75 Å². The van der Waals surface area contributed by atoms with Gasteiger partial charge in [0, 0.05) is 11.3 Å². The average molecular weight is 384 g/mol. The molecular weight excluding hydrogens is 360 g/mol. The molecule has 2 aromatic carbocycles. The van der Waals surface area contributed by atoms with Crippen LogP contribution in [0.3, 0.4) is 0 Å². The molecule has 2 N–H and O–H groups in total. The Kier molecular flexibility index (Phi) is 7.56. The van der Waals surface area contributed by atoms with Gasteiger partial charge in [-0.2, -0.15) is 0 Å². The Morgan fingerprint density at radius 3 is 2.21 bits per heavy atom. The molecule has 0 aromatic heterocycles. The van der Waals surface area contributed by atoms with E-state index in [2.05, 4.69) is 21.4 Å². The fourth-order valence-electron chi connectivity index (χ4n) is 2.53. The fourth-order valence-corrected chi connectivity index (χ4v) is 2.53. The van der Waals surface area contributed by atoms with E-state index in [0.29, 0.717) is 11.3 Å². The van der Waals surface area contributed by atoms with Gasteiger partial charge in [0.2, 0.25) is 5.91 Å². The van der Waals surface area contributed by atoms with E-state index in [0.717, 1.165) is 16.9 Å². The van der Waals surface area contributed by atoms with Crippen LogP contribution in [0.4, 0.5) is 5.69 Å². The number of amides is 2. The molecule has 0 unspecified atom stereocenters. The fraction of sp³-hybridized carbons (Fsp3) is 0.286. The zero-order chi connectivity index (χ0) is 20.5. The quantitative estimate of drug-likeness (QED) is 0.683. The summed E-state index contributed by atoms with van der Waals surface area (Å²) >= 11 is 0. The normalized spacial score (nSPS) is 10.1. The molecular formula is C21H24N2O5. The summed E-state index contributed by atoms with van der Waals surface area (Å²) < 4.78 is 10.1. The van der Waals surface area contributed by atoms with Crippen molar-refractivity contribution >= 4 is 23.5 Å². The number of rotatable bonds is 8. The molecule has 2 amide bonds. The average Bonchev–Trinajstić information content (AvgIpc) is 2.65. The van der Waals surface area contributed by atoms with Gasteiger partial charge < -0.3 is 20.1 Å². The highest BCUT2D eigenvalue weighted by atomic mass is 16.5. The monoisotopic (exact) mass is 384 g/mol. The van der Waals surface area contributed by atoms with Gasteiger partial charge in [-0.15, -0.1) is 0 Å². The van der Waals surface area contributed by atoms with Crippen molar-refractivity contribution in [2.45, 2.75) is 20.3 Å². The van der Waals surface area contributed by atoms with Gasteiger partial charge in [0.15, 0.2) is 0 Å². The van der Waals surface area contributed by atoms with E-state index < -0.39 is 11.9 Å². The summed E-state index contributed by atoms with van der Waals surface area (Å²) in [5.74, 6) is -0.370. The van der Waals surface area contributed by atoms with Crippen molar-refractivity contribution in [1.82, 2.24) is 5.32 Å². The Balaban J connectivity index is 1.78. The number of aryl methyl sites for hydroxylation is 2. The van der Waals surface area contributed by atoms with Gasteiger partial charge in [-0.25, -0.2) is 0 Å². The lowest BCUT2D eigenvalue weighted by molar-refractivity contribution is -0.139. The zero-order valence-electron chi connectivity index (χ0n) is 16.2. The van der Waals surface area contributed by atoms with Gasteiger partial charge in [0.25, 0.3) is 5.91 Å². The lowest BCUT2D eigenvalue weighted by Crippen LogP contribution is -2.30. The topological polar surface area (TPSA) is 93.7 Å². The number of ether oxygens (including phenoxy) is 2. The summed E-state index contributed by atoms with van der Waals surface area (Å²) in [5, 5.41) is 5.20. The molecule has 0 saturated heterocycles. The van der Waals surface area contributed by atoms with Gasteiger partial charge in [-0.1, -0.05) is 6.07 Å². The van der Waals surface area contributed by atoms with Crippen LogP contribution in [0.5, 0.6) is 5.75 Å². The van der Waals surface area contributed by atoms with Crippen LogP contribution in [0.2, 0.25) is 0 Å². The van der Waals surface area contributed by atoms with Crippen molar-refractivity contribution in [3.63, 3.8) is 0 Å². The minimum Gasteiger partial charge on any atom is -0.493 e. The number of esters is 1. The molecule has 0 radical (unpaired) electrons. The highest BCUT2D eigenvalue weighted by molar-refractivity contribution is 5.97. The Labute approximate surface area is 164 Å². The van der Waals surface area contributed by atoms with E-state index in [9.17, 15) is 14.4 Å². The van der Waals surface area contributed by atoms with Gasteiger partial charge >= 0.3 is 5.97 Å². The van der Waals surface area contributed by atoms with Crippen molar-refractivity contribution in [3.05, 3.63) is 59.2 Å². The predicted octanol–water partition coefficient (Wildman–Crippen LogP) is 2.61. The first-order chi connectivity index (χ1) is 13.4. The first kappa shape index (κ1) is 21.0. The maximum absolute atomic E-state index is 12.0. The third kappa shape index (κ3) is 6.75. The molecule has 148 valence electrons. The number of nitrogens with one attached hydrogen (secondary N) is 2. The predicted molar refractivity (Wildman–Crippen MR) is 105 cm³/mol. The molecule has 0 bridgehead atoms. The second kappa shape index (κ2) is 10.1. The zero-order valence-corrected chi connectivity index (χ0v) is 16.2. The molecule has 0 atom stereocenters. The van der Waals surface area contributed by atoms with E-state index in [1.54, 1.807) is 24.3 Å². The number of hydrogen-bond acceptors (Lipinski definition) is 5. The molecule has 0 aliphatic rings. The number of methoxy groups -OCH3 is 1. The molecule has 7 nitrogen and oxygen atoms in total. The lowest BCUT2D eigenvalue weighted by Gasteiger charge is -2.09. The van der Waals surface area contributed by atoms with Crippen LogP contribution in [0, 0.1) is 13.8 Å². The first-order valence-electron chi connectivity index (χ1n) is 8.83. The number of carbonyl (C=O) groups excluding carboxylic acids is 3. The van der Waals surface area contributed by atoms with E-state index >= 15 is 0 Å². The molecule has 0 aliphatic carbocycles. The highest BCUT2D eigenvalue weighted by Crippen LogP contribution is 2.16. The Hall–Kier alpha value is -3.35. The van der Waals surface area contributed by atoms with Gasteiger partial charge in [0.05, 0.1) is 20.1 Å². The van der Waals surface area contributed by atoms with E-state index in [1.165, 1.54) is 7.11 Å². The summed E-state index contributed by atoms with van der Waals surface area (Å²) in [6.07, 6.45) is 0.203. The van der Waals surface area contributed by atoms with Crippen molar-refractivity contribution in [2.75, 3.05) is 25.6 Å². The second-order valence-electron chi connectivity index (χ2n) is 6.31. The summed E-state index contributed by atoms with van der Waals surface area (Å²) in [6.45, 7) is 4.05. The molecule has 0 aliphatic heterocycles. The maximum Gasteiger partial charge on any atom is 0.325 e. The molecule has 2 rings (SSSR count). The van der Waals surface area contributed by atoms with E-state index in [4.69, 9.17) is 4.74 Å². The minimum atomic E-state index is -0.528. The van der Waals surface area contributed by atoms with Crippen LogP contribution < -0.4 is 15.4 Å². The largest absolute Gasteiger partial charge is 0.493 e. The Bertz CT molecular complexity index is 826. The third-order valence-corrected chi connectivity index (χ3v) is 3.84. The molecule has 7 heteroatoms. The van der Waals surface area contributed by atoms with Crippen molar-refractivity contribution < 1.29 is 23.9 Å². The maximum atomic E-state index is 12.0. The van der Waals surface area contributed by atoms with Crippen LogP contribution in [-0.4, -0.2) is 38.0 Å². The summed E-state index contributed by atoms with van der Waals surface area (Å²) in [7, 11) is 1.25. The second-order valence-corrected chi connectivity index (χ2v) is 6.31. The number of carbonyl (C=O) groups is 3. The van der Waals surface area contributed by atoms with E-state index in [1.807, 2.05) is 26.0 Å². The summed E-state index contributed by atoms with van der Waals surface area (Å²) in [5.41, 5.74) is 3.16. The molecule has 28 heavy (non-hydrogen) atoms. The SMILES string of the molecule is COC(=O)CNC(=O)c1ccc(NC(=O)CCOc2cc(C)cc(C)c2)cc1. The summed E-state index contributed by atoms with van der Waals surface area (Å²) in [4.78, 5) is 35.0. The number of hydrogen-bond donors (Lipinski definition) is 2. The van der Waals surface area contributed by atoms with Crippen molar-refractivity contribution in [2.24, 2.45) is 0 Å². The van der Waals surface area contributed by atoms with Crippen LogP contribution in [0.15, 0.2) is 42.5 Å². The van der Waals surface area contributed by atoms with Crippen LogP contribution in [0.25, 0.3) is 0 Å². The first-order valence-corrected chi connectivity index (χ1v) is 8.83. The molecule has 0 heterocycles. The number of benzene rings is 2. The van der Waals surface area contributed by atoms with Crippen molar-refractivity contribution in [1.29, 1.82) is 0 Å². The lowest BCUT2D eigenvalue weighted by atomic mass is 10.1. The molecule has 0 saturated carbocycles. The van der Waals surface area contributed by atoms with E-state index in [-0.39, 0.29) is 25.5 Å². The number of anilines is 1. The molecule has 0 spiro atoms.